The summed E-state index contributed by atoms with van der Waals surface area (Å²) < 4.78 is 20.7. The molecule has 0 saturated heterocycles. The van der Waals surface area contributed by atoms with E-state index in [2.05, 4.69) is 0 Å². The van der Waals surface area contributed by atoms with E-state index in [9.17, 15) is 10.1 Å². The van der Waals surface area contributed by atoms with Crippen molar-refractivity contribution < 1.29 is 23.7 Å². The lowest BCUT2D eigenvalue weighted by molar-refractivity contribution is -0.142. The Bertz CT molecular complexity index is 588. The lowest BCUT2D eigenvalue weighted by Crippen LogP contribution is -2.12. The lowest BCUT2D eigenvalue weighted by atomic mass is 10.1. The average molecular weight is 305 g/mol. The molecular formula is C16H19NO5. The van der Waals surface area contributed by atoms with Gasteiger partial charge in [0.15, 0.2) is 0 Å². The highest BCUT2D eigenvalue weighted by Crippen LogP contribution is 2.35. The van der Waals surface area contributed by atoms with E-state index in [1.165, 1.54) is 27.4 Å². The van der Waals surface area contributed by atoms with Crippen LogP contribution in [0.4, 0.5) is 0 Å². The van der Waals surface area contributed by atoms with Crippen LogP contribution >= 0.6 is 0 Å². The molecule has 22 heavy (non-hydrogen) atoms. The summed E-state index contributed by atoms with van der Waals surface area (Å²) in [6, 6.07) is 5.10. The zero-order valence-corrected chi connectivity index (χ0v) is 13.3. The smallest absolute Gasteiger partial charge is 0.349 e. The summed E-state index contributed by atoms with van der Waals surface area (Å²) >= 11 is 0. The molecule has 0 aliphatic carbocycles. The van der Waals surface area contributed by atoms with Gasteiger partial charge in [-0.3, -0.25) is 0 Å². The van der Waals surface area contributed by atoms with Crippen molar-refractivity contribution in [3.63, 3.8) is 0 Å². The van der Waals surface area contributed by atoms with Crippen molar-refractivity contribution >= 4 is 12.0 Å². The third-order valence-electron chi connectivity index (χ3n) is 2.72. The third kappa shape index (κ3) is 4.16. The number of carbonyl (C=O) groups is 1. The maximum Gasteiger partial charge on any atom is 0.349 e. The molecule has 0 spiro atoms. The molecule has 0 fully saturated rings. The number of benzene rings is 1. The molecule has 6 heteroatoms. The van der Waals surface area contributed by atoms with Crippen molar-refractivity contribution in [2.24, 2.45) is 0 Å². The van der Waals surface area contributed by atoms with Gasteiger partial charge in [0.25, 0.3) is 0 Å². The van der Waals surface area contributed by atoms with E-state index in [-0.39, 0.29) is 11.7 Å². The molecule has 118 valence electrons. The minimum Gasteiger partial charge on any atom is -0.496 e. The topological polar surface area (TPSA) is 77.8 Å². The van der Waals surface area contributed by atoms with Gasteiger partial charge in [-0.05, 0) is 19.9 Å². The molecule has 0 aromatic heterocycles. The van der Waals surface area contributed by atoms with E-state index in [0.717, 1.165) is 0 Å². The Kier molecular flexibility index (Phi) is 6.26. The molecule has 0 saturated carbocycles. The number of hydrogen-bond donors (Lipinski definition) is 0. The van der Waals surface area contributed by atoms with E-state index in [4.69, 9.17) is 18.9 Å². The molecular weight excluding hydrogens is 286 g/mol. The van der Waals surface area contributed by atoms with Crippen LogP contribution < -0.4 is 14.2 Å². The highest BCUT2D eigenvalue weighted by Gasteiger charge is 2.17. The monoisotopic (exact) mass is 305 g/mol. The number of hydrogen-bond acceptors (Lipinski definition) is 6. The van der Waals surface area contributed by atoms with Gasteiger partial charge in [-0.1, -0.05) is 0 Å². The predicted octanol–water partition coefficient (Wildman–Crippen LogP) is 2.57. The quantitative estimate of drug-likeness (QED) is 0.456. The number of carbonyl (C=O) groups excluding carboxylic acids is 1. The molecule has 0 radical (unpaired) electrons. The van der Waals surface area contributed by atoms with E-state index >= 15 is 0 Å². The largest absolute Gasteiger partial charge is 0.496 e. The highest BCUT2D eigenvalue weighted by molar-refractivity contribution is 5.98. The van der Waals surface area contributed by atoms with Gasteiger partial charge in [0.1, 0.15) is 28.9 Å². The highest BCUT2D eigenvalue weighted by atomic mass is 16.5. The maximum atomic E-state index is 11.9. The summed E-state index contributed by atoms with van der Waals surface area (Å²) in [4.78, 5) is 11.9. The molecule has 0 aliphatic rings. The van der Waals surface area contributed by atoms with Gasteiger partial charge in [0.2, 0.25) is 0 Å². The van der Waals surface area contributed by atoms with Gasteiger partial charge >= 0.3 is 5.97 Å². The molecule has 0 heterocycles. The number of methoxy groups -OCH3 is 3. The number of ether oxygens (including phenoxy) is 4. The van der Waals surface area contributed by atoms with Crippen LogP contribution in [-0.2, 0) is 9.53 Å². The van der Waals surface area contributed by atoms with Gasteiger partial charge in [-0.25, -0.2) is 4.79 Å². The first-order valence-electron chi connectivity index (χ1n) is 6.59. The molecule has 1 rings (SSSR count). The molecule has 1 aromatic carbocycles. The van der Waals surface area contributed by atoms with Crippen molar-refractivity contribution in [1.29, 1.82) is 5.26 Å². The summed E-state index contributed by atoms with van der Waals surface area (Å²) in [5.41, 5.74) is 0.318. The lowest BCUT2D eigenvalue weighted by Gasteiger charge is -2.13. The maximum absolute atomic E-state index is 11.9. The van der Waals surface area contributed by atoms with Crippen molar-refractivity contribution in [3.8, 4) is 23.3 Å². The Morgan fingerprint density at radius 2 is 1.68 bits per heavy atom. The Morgan fingerprint density at radius 3 is 2.05 bits per heavy atom. The predicted molar refractivity (Wildman–Crippen MR) is 80.9 cm³/mol. The van der Waals surface area contributed by atoms with Crippen molar-refractivity contribution in [1.82, 2.24) is 0 Å². The fourth-order valence-corrected chi connectivity index (χ4v) is 1.73. The zero-order chi connectivity index (χ0) is 16.7. The van der Waals surface area contributed by atoms with Crippen molar-refractivity contribution in [2.45, 2.75) is 20.0 Å². The van der Waals surface area contributed by atoms with Crippen LogP contribution in [0.25, 0.3) is 6.08 Å². The summed E-state index contributed by atoms with van der Waals surface area (Å²) in [6.07, 6.45) is 1.06. The van der Waals surface area contributed by atoms with Crippen molar-refractivity contribution in [3.05, 3.63) is 23.3 Å². The van der Waals surface area contributed by atoms with Gasteiger partial charge in [-0.15, -0.1) is 0 Å². The van der Waals surface area contributed by atoms with Crippen LogP contribution in [0.1, 0.15) is 19.4 Å². The normalized spacial score (nSPS) is 10.9. The molecule has 1 aromatic rings. The van der Waals surface area contributed by atoms with Crippen LogP contribution in [0.5, 0.6) is 17.2 Å². The van der Waals surface area contributed by atoms with Crippen LogP contribution in [0.15, 0.2) is 17.7 Å². The molecule has 0 bridgehead atoms. The molecule has 0 N–H and O–H groups in total. The van der Waals surface area contributed by atoms with E-state index in [1.54, 1.807) is 26.0 Å². The van der Waals surface area contributed by atoms with Gasteiger partial charge in [0.05, 0.1) is 33.0 Å². The van der Waals surface area contributed by atoms with Crippen LogP contribution in [0.3, 0.4) is 0 Å². The standard InChI is InChI=1S/C16H19NO5/c1-10(2)22-16(18)11(9-17)6-13-14(20-4)7-12(19-3)8-15(13)21-5/h6-8,10H,1-5H3. The summed E-state index contributed by atoms with van der Waals surface area (Å²) in [5, 5.41) is 9.17. The second-order valence-electron chi connectivity index (χ2n) is 4.57. The van der Waals surface area contributed by atoms with E-state index < -0.39 is 5.97 Å². The fourth-order valence-electron chi connectivity index (χ4n) is 1.73. The van der Waals surface area contributed by atoms with Crippen molar-refractivity contribution in [2.75, 3.05) is 21.3 Å². The number of esters is 1. The molecule has 6 nitrogen and oxygen atoms in total. The van der Waals surface area contributed by atoms with E-state index in [0.29, 0.717) is 22.8 Å². The minimum absolute atomic E-state index is 0.143. The van der Waals surface area contributed by atoms with Gasteiger partial charge in [0, 0.05) is 12.1 Å². The van der Waals surface area contributed by atoms with Crippen LogP contribution in [0.2, 0.25) is 0 Å². The van der Waals surface area contributed by atoms with Gasteiger partial charge < -0.3 is 18.9 Å². The zero-order valence-electron chi connectivity index (χ0n) is 13.3. The molecule has 0 atom stereocenters. The minimum atomic E-state index is -0.697. The number of nitrogens with zero attached hydrogens (tertiary/aromatic N) is 1. The summed E-state index contributed by atoms with van der Waals surface area (Å²) in [6.45, 7) is 3.42. The second-order valence-corrected chi connectivity index (χ2v) is 4.57. The number of nitriles is 1. The van der Waals surface area contributed by atoms with Gasteiger partial charge in [-0.2, -0.15) is 5.26 Å². The second kappa shape index (κ2) is 7.93. The number of rotatable bonds is 6. The first kappa shape index (κ1) is 17.4. The fraction of sp³-hybridized carbons (Fsp3) is 0.375. The molecule has 0 amide bonds. The molecule has 0 unspecified atom stereocenters. The summed E-state index contributed by atoms with van der Waals surface area (Å²) in [5.74, 6) is 0.675. The Balaban J connectivity index is 3.37. The third-order valence-corrected chi connectivity index (χ3v) is 2.72. The van der Waals surface area contributed by atoms with Crippen LogP contribution in [-0.4, -0.2) is 33.4 Å². The molecule has 0 aliphatic heterocycles. The summed E-state index contributed by atoms with van der Waals surface area (Å²) in [7, 11) is 4.47. The first-order chi connectivity index (χ1) is 10.5. The Morgan fingerprint density at radius 1 is 1.14 bits per heavy atom. The average Bonchev–Trinajstić information content (AvgIpc) is 2.50. The first-order valence-corrected chi connectivity index (χ1v) is 6.59. The van der Waals surface area contributed by atoms with E-state index in [1.807, 2.05) is 6.07 Å². The Labute approximate surface area is 129 Å². The van der Waals surface area contributed by atoms with Crippen LogP contribution in [0, 0.1) is 11.3 Å². The SMILES string of the molecule is COc1cc(OC)c(C=C(C#N)C(=O)OC(C)C)c(OC)c1. The Hall–Kier alpha value is -2.68.